The van der Waals surface area contributed by atoms with Gasteiger partial charge in [-0.05, 0) is 38.3 Å². The van der Waals surface area contributed by atoms with Gasteiger partial charge >= 0.3 is 0 Å². The normalized spacial score (nSPS) is 16.2. The van der Waals surface area contributed by atoms with Crippen molar-refractivity contribution in [1.82, 2.24) is 24.9 Å². The largest absolute Gasteiger partial charge is 0.330 e. The molecule has 2 aromatic heterocycles. The van der Waals surface area contributed by atoms with Gasteiger partial charge in [0.1, 0.15) is 11.5 Å². The van der Waals surface area contributed by atoms with Gasteiger partial charge in [0.05, 0.1) is 15.6 Å². The van der Waals surface area contributed by atoms with Crippen LogP contribution in [0.5, 0.6) is 0 Å². The number of hydrogen-bond acceptors (Lipinski definition) is 6. The van der Waals surface area contributed by atoms with Gasteiger partial charge in [-0.15, -0.1) is 5.10 Å². The first-order valence-electron chi connectivity index (χ1n) is 7.49. The predicted molar refractivity (Wildman–Crippen MR) is 89.1 cm³/mol. The molecule has 3 aromatic rings. The van der Waals surface area contributed by atoms with E-state index in [4.69, 9.17) is 33.5 Å². The molecule has 24 heavy (non-hydrogen) atoms. The Kier molecular flexibility index (Phi) is 3.59. The Balaban J connectivity index is 1.74. The van der Waals surface area contributed by atoms with Crippen LogP contribution in [-0.2, 0) is 5.54 Å². The highest BCUT2D eigenvalue weighted by Gasteiger charge is 2.39. The maximum Gasteiger partial charge on any atom is 0.297 e. The third-order valence-electron chi connectivity index (χ3n) is 4.23. The van der Waals surface area contributed by atoms with Gasteiger partial charge in [-0.2, -0.15) is 4.98 Å². The lowest BCUT2D eigenvalue weighted by molar-refractivity contribution is 0.229. The molecule has 0 aliphatic heterocycles. The summed E-state index contributed by atoms with van der Waals surface area (Å²) in [5.41, 5.74) is 6.28. The van der Waals surface area contributed by atoms with Gasteiger partial charge in [-0.3, -0.25) is 0 Å². The second-order valence-corrected chi connectivity index (χ2v) is 6.71. The number of benzene rings is 1. The van der Waals surface area contributed by atoms with Crippen LogP contribution in [0.25, 0.3) is 17.4 Å². The number of nitrogens with two attached hydrogens (primary N) is 1. The smallest absolute Gasteiger partial charge is 0.297 e. The van der Waals surface area contributed by atoms with Crippen LogP contribution in [0.1, 0.15) is 30.9 Å². The SMILES string of the molecule is Cc1nc(-c2nc(C3(N)CCC3)no2)nn1-c1c(Cl)cccc1Cl. The van der Waals surface area contributed by atoms with Crippen molar-refractivity contribution in [2.75, 3.05) is 0 Å². The van der Waals surface area contributed by atoms with E-state index in [1.807, 2.05) is 0 Å². The molecule has 1 fully saturated rings. The molecule has 2 heterocycles. The van der Waals surface area contributed by atoms with E-state index in [1.54, 1.807) is 29.8 Å². The van der Waals surface area contributed by atoms with Crippen LogP contribution in [-0.4, -0.2) is 24.9 Å². The van der Waals surface area contributed by atoms with Crippen LogP contribution >= 0.6 is 23.2 Å². The molecular weight excluding hydrogens is 351 g/mol. The van der Waals surface area contributed by atoms with Gasteiger partial charge in [0.25, 0.3) is 5.89 Å². The minimum atomic E-state index is -0.495. The van der Waals surface area contributed by atoms with E-state index in [0.29, 0.717) is 33.2 Å². The molecule has 1 aliphatic carbocycles. The van der Waals surface area contributed by atoms with E-state index >= 15 is 0 Å². The molecule has 0 unspecified atom stereocenters. The molecular formula is C15H14Cl2N6O. The first-order valence-corrected chi connectivity index (χ1v) is 8.25. The monoisotopic (exact) mass is 364 g/mol. The summed E-state index contributed by atoms with van der Waals surface area (Å²) in [5.74, 6) is 1.64. The molecule has 0 radical (unpaired) electrons. The number of aryl methyl sites for hydroxylation is 1. The first kappa shape index (κ1) is 15.6. The summed E-state index contributed by atoms with van der Waals surface area (Å²) in [6, 6.07) is 5.25. The fourth-order valence-corrected chi connectivity index (χ4v) is 3.24. The average molecular weight is 365 g/mol. The van der Waals surface area contributed by atoms with Crippen LogP contribution in [0.15, 0.2) is 22.7 Å². The Morgan fingerprint density at radius 2 is 1.92 bits per heavy atom. The standard InChI is InChI=1S/C15H14Cl2N6O/c1-8-19-12(13-20-14(22-24-13)15(18)6-3-7-15)21-23(8)11-9(16)4-2-5-10(11)17/h2,4-5H,3,6-7,18H2,1H3. The van der Waals surface area contributed by atoms with Crippen LogP contribution in [0.3, 0.4) is 0 Å². The number of halogens is 2. The number of rotatable bonds is 3. The van der Waals surface area contributed by atoms with Crippen molar-refractivity contribution in [3.8, 4) is 17.4 Å². The fourth-order valence-electron chi connectivity index (χ4n) is 2.68. The molecule has 0 spiro atoms. The molecule has 0 amide bonds. The average Bonchev–Trinajstić information content (AvgIpc) is 3.12. The van der Waals surface area contributed by atoms with E-state index in [0.717, 1.165) is 19.3 Å². The lowest BCUT2D eigenvalue weighted by Crippen LogP contribution is -2.44. The molecule has 0 saturated heterocycles. The third-order valence-corrected chi connectivity index (χ3v) is 4.84. The quantitative estimate of drug-likeness (QED) is 0.765. The second kappa shape index (κ2) is 5.54. The number of nitrogens with zero attached hydrogens (tertiary/aromatic N) is 5. The zero-order valence-corrected chi connectivity index (χ0v) is 14.3. The zero-order valence-electron chi connectivity index (χ0n) is 12.8. The van der Waals surface area contributed by atoms with Crippen LogP contribution in [0.4, 0.5) is 0 Å². The van der Waals surface area contributed by atoms with Gasteiger partial charge in [0.15, 0.2) is 5.82 Å². The molecule has 1 aromatic carbocycles. The predicted octanol–water partition coefficient (Wildman–Crippen LogP) is 3.27. The Hall–Kier alpha value is -1.96. The molecule has 7 nitrogen and oxygen atoms in total. The van der Waals surface area contributed by atoms with Crippen LogP contribution in [0.2, 0.25) is 10.0 Å². The number of aromatic nitrogens is 5. The van der Waals surface area contributed by atoms with Crippen molar-refractivity contribution >= 4 is 23.2 Å². The molecule has 1 aliphatic rings. The van der Waals surface area contributed by atoms with Crippen molar-refractivity contribution in [2.45, 2.75) is 31.7 Å². The summed E-state index contributed by atoms with van der Waals surface area (Å²) < 4.78 is 6.85. The highest BCUT2D eigenvalue weighted by Crippen LogP contribution is 2.37. The molecule has 0 bridgehead atoms. The summed E-state index contributed by atoms with van der Waals surface area (Å²) >= 11 is 12.5. The Morgan fingerprint density at radius 3 is 2.54 bits per heavy atom. The molecule has 9 heteroatoms. The van der Waals surface area contributed by atoms with Crippen molar-refractivity contribution in [1.29, 1.82) is 0 Å². The molecule has 4 rings (SSSR count). The summed E-state index contributed by atoms with van der Waals surface area (Å²) in [4.78, 5) is 8.74. The van der Waals surface area contributed by atoms with Gasteiger partial charge in [0, 0.05) is 0 Å². The topological polar surface area (TPSA) is 95.7 Å². The minimum absolute atomic E-state index is 0.228. The first-order chi connectivity index (χ1) is 11.5. The fraction of sp³-hybridized carbons (Fsp3) is 0.333. The third kappa shape index (κ3) is 2.40. The number of hydrogen-bond donors (Lipinski definition) is 1. The van der Waals surface area contributed by atoms with E-state index in [2.05, 4.69) is 20.2 Å². The van der Waals surface area contributed by atoms with Crippen molar-refractivity contribution in [3.63, 3.8) is 0 Å². The number of para-hydroxylation sites is 1. The van der Waals surface area contributed by atoms with Crippen LogP contribution < -0.4 is 5.73 Å². The maximum absolute atomic E-state index is 6.24. The molecule has 124 valence electrons. The molecule has 0 atom stereocenters. The molecule has 1 saturated carbocycles. The van der Waals surface area contributed by atoms with E-state index < -0.39 is 5.54 Å². The summed E-state index contributed by atoms with van der Waals surface area (Å²) in [5, 5.41) is 9.34. The highest BCUT2D eigenvalue weighted by molar-refractivity contribution is 6.37. The minimum Gasteiger partial charge on any atom is -0.330 e. The summed E-state index contributed by atoms with van der Waals surface area (Å²) in [6.45, 7) is 1.80. The second-order valence-electron chi connectivity index (χ2n) is 5.90. The van der Waals surface area contributed by atoms with Gasteiger partial charge in [-0.25, -0.2) is 9.67 Å². The summed E-state index contributed by atoms with van der Waals surface area (Å²) in [6.07, 6.45) is 2.77. The highest BCUT2D eigenvalue weighted by atomic mass is 35.5. The van der Waals surface area contributed by atoms with Gasteiger partial charge in [0.2, 0.25) is 5.82 Å². The van der Waals surface area contributed by atoms with Crippen molar-refractivity contribution < 1.29 is 4.52 Å². The van der Waals surface area contributed by atoms with Crippen molar-refractivity contribution in [2.24, 2.45) is 5.73 Å². The lowest BCUT2D eigenvalue weighted by atomic mass is 9.77. The van der Waals surface area contributed by atoms with E-state index in [9.17, 15) is 0 Å². The van der Waals surface area contributed by atoms with Gasteiger partial charge < -0.3 is 10.3 Å². The molecule has 2 N–H and O–H groups in total. The Morgan fingerprint density at radius 1 is 1.21 bits per heavy atom. The Bertz CT molecular complexity index is 894. The zero-order chi connectivity index (χ0) is 16.9. The maximum atomic E-state index is 6.24. The van der Waals surface area contributed by atoms with E-state index in [-0.39, 0.29) is 5.89 Å². The van der Waals surface area contributed by atoms with Crippen molar-refractivity contribution in [3.05, 3.63) is 39.9 Å². The summed E-state index contributed by atoms with van der Waals surface area (Å²) in [7, 11) is 0. The Labute approximate surface area is 147 Å². The lowest BCUT2D eigenvalue weighted by Gasteiger charge is -2.34. The van der Waals surface area contributed by atoms with Gasteiger partial charge in [-0.1, -0.05) is 34.4 Å². The van der Waals surface area contributed by atoms with Crippen LogP contribution in [0, 0.1) is 6.92 Å². The van der Waals surface area contributed by atoms with E-state index in [1.165, 1.54) is 0 Å².